The number of rotatable bonds is 1. The Kier molecular flexibility index (Phi) is 3.14. The van der Waals surface area contributed by atoms with Gasteiger partial charge >= 0.3 is 0 Å². The molecule has 0 saturated heterocycles. The van der Waals surface area contributed by atoms with Crippen molar-refractivity contribution in [3.63, 3.8) is 0 Å². The largest absolute Gasteiger partial charge is 0.388 e. The first-order chi connectivity index (χ1) is 8.55. The van der Waals surface area contributed by atoms with Crippen molar-refractivity contribution in [1.82, 2.24) is 4.98 Å². The van der Waals surface area contributed by atoms with E-state index in [1.807, 2.05) is 0 Å². The monoisotopic (exact) mass is 273 g/mol. The fourth-order valence-corrected chi connectivity index (χ4v) is 4.24. The molecule has 2 aliphatic rings. The summed E-state index contributed by atoms with van der Waals surface area (Å²) in [5.74, 6) is -2.65. The van der Waals surface area contributed by atoms with Crippen LogP contribution in [0.15, 0.2) is 0 Å². The maximum absolute atomic E-state index is 13.4. The first kappa shape index (κ1) is 12.5. The Balaban J connectivity index is 1.84. The highest BCUT2D eigenvalue weighted by Crippen LogP contribution is 2.45. The molecule has 0 amide bonds. The number of aliphatic hydroxyl groups excluding tert-OH is 1. The van der Waals surface area contributed by atoms with Crippen LogP contribution in [-0.4, -0.2) is 16.0 Å². The van der Waals surface area contributed by atoms with E-state index in [0.717, 1.165) is 41.3 Å². The maximum atomic E-state index is 13.4. The van der Waals surface area contributed by atoms with E-state index in [1.165, 1.54) is 11.3 Å². The number of fused-ring (bicyclic) bond motifs is 1. The number of hydrogen-bond donors (Lipinski definition) is 1. The Morgan fingerprint density at radius 3 is 2.83 bits per heavy atom. The number of halogens is 2. The summed E-state index contributed by atoms with van der Waals surface area (Å²) in [6, 6.07) is 0. The molecule has 1 heterocycles. The lowest BCUT2D eigenvalue weighted by molar-refractivity contribution is -0.0408. The van der Waals surface area contributed by atoms with Crippen molar-refractivity contribution >= 4 is 11.3 Å². The summed E-state index contributed by atoms with van der Waals surface area (Å²) in [5.41, 5.74) is 0.947. The number of aromatic nitrogens is 1. The van der Waals surface area contributed by atoms with Gasteiger partial charge in [-0.1, -0.05) is 0 Å². The third kappa shape index (κ3) is 2.30. The Hall–Kier alpha value is -0.550. The number of aryl methyl sites for hydroxylation is 1. The van der Waals surface area contributed by atoms with Gasteiger partial charge in [-0.15, -0.1) is 11.3 Å². The van der Waals surface area contributed by atoms with E-state index in [9.17, 15) is 13.9 Å². The molecule has 1 fully saturated rings. The SMILES string of the molecule is OC1CCCc2nc(C3CCCC(F)(F)C3)sc21. The molecule has 2 aliphatic carbocycles. The molecule has 1 aromatic rings. The molecule has 1 aromatic heterocycles. The van der Waals surface area contributed by atoms with E-state index in [4.69, 9.17) is 0 Å². The summed E-state index contributed by atoms with van der Waals surface area (Å²) in [5, 5.41) is 10.7. The summed E-state index contributed by atoms with van der Waals surface area (Å²) < 4.78 is 26.9. The number of thiazole rings is 1. The molecule has 1 saturated carbocycles. The van der Waals surface area contributed by atoms with Gasteiger partial charge < -0.3 is 5.11 Å². The zero-order chi connectivity index (χ0) is 12.8. The summed E-state index contributed by atoms with van der Waals surface area (Å²) >= 11 is 1.46. The highest BCUT2D eigenvalue weighted by atomic mass is 32.1. The average Bonchev–Trinajstić information content (AvgIpc) is 2.73. The summed E-state index contributed by atoms with van der Waals surface area (Å²) in [7, 11) is 0. The summed E-state index contributed by atoms with van der Waals surface area (Å²) in [6.45, 7) is 0. The molecule has 2 atom stereocenters. The van der Waals surface area contributed by atoms with Crippen molar-refractivity contribution in [3.8, 4) is 0 Å². The van der Waals surface area contributed by atoms with E-state index in [0.29, 0.717) is 6.42 Å². The van der Waals surface area contributed by atoms with Crippen LogP contribution in [0, 0.1) is 0 Å². The molecule has 0 radical (unpaired) electrons. The molecule has 0 bridgehead atoms. The highest BCUT2D eigenvalue weighted by Gasteiger charge is 2.38. The molecule has 5 heteroatoms. The van der Waals surface area contributed by atoms with Crippen molar-refractivity contribution in [2.24, 2.45) is 0 Å². The molecule has 18 heavy (non-hydrogen) atoms. The fourth-order valence-electron chi connectivity index (χ4n) is 2.97. The zero-order valence-electron chi connectivity index (χ0n) is 10.2. The van der Waals surface area contributed by atoms with E-state index in [1.54, 1.807) is 0 Å². The van der Waals surface area contributed by atoms with Gasteiger partial charge in [0.05, 0.1) is 21.7 Å². The van der Waals surface area contributed by atoms with Crippen LogP contribution in [0.3, 0.4) is 0 Å². The Morgan fingerprint density at radius 1 is 1.28 bits per heavy atom. The summed E-state index contributed by atoms with van der Waals surface area (Å²) in [6.07, 6.45) is 3.48. The van der Waals surface area contributed by atoms with Gasteiger partial charge in [0.2, 0.25) is 5.92 Å². The van der Waals surface area contributed by atoms with Gasteiger partial charge in [-0.3, -0.25) is 0 Å². The van der Waals surface area contributed by atoms with Gasteiger partial charge in [-0.25, -0.2) is 13.8 Å². The number of alkyl halides is 2. The van der Waals surface area contributed by atoms with Gasteiger partial charge in [0, 0.05) is 18.8 Å². The molecular weight excluding hydrogens is 256 g/mol. The van der Waals surface area contributed by atoms with Crippen molar-refractivity contribution in [2.45, 2.75) is 62.9 Å². The minimum atomic E-state index is -2.53. The Morgan fingerprint density at radius 2 is 2.11 bits per heavy atom. The van der Waals surface area contributed by atoms with Crippen molar-refractivity contribution in [1.29, 1.82) is 0 Å². The van der Waals surface area contributed by atoms with E-state index < -0.39 is 12.0 Å². The first-order valence-electron chi connectivity index (χ1n) is 6.60. The Labute approximate surface area is 109 Å². The first-order valence-corrected chi connectivity index (χ1v) is 7.42. The van der Waals surface area contributed by atoms with Crippen molar-refractivity contribution < 1.29 is 13.9 Å². The van der Waals surface area contributed by atoms with Crippen LogP contribution in [0.1, 0.15) is 66.1 Å². The second kappa shape index (κ2) is 4.53. The average molecular weight is 273 g/mol. The van der Waals surface area contributed by atoms with Crippen molar-refractivity contribution in [3.05, 3.63) is 15.6 Å². The van der Waals surface area contributed by atoms with Crippen LogP contribution in [0.5, 0.6) is 0 Å². The van der Waals surface area contributed by atoms with Gasteiger partial charge in [0.25, 0.3) is 0 Å². The van der Waals surface area contributed by atoms with Crippen LogP contribution in [0.4, 0.5) is 8.78 Å². The Bertz CT molecular complexity index is 446. The zero-order valence-corrected chi connectivity index (χ0v) is 11.0. The lowest BCUT2D eigenvalue weighted by Crippen LogP contribution is -2.24. The molecule has 0 aliphatic heterocycles. The number of nitrogens with zero attached hydrogens (tertiary/aromatic N) is 1. The molecule has 100 valence electrons. The smallest absolute Gasteiger partial charge is 0.248 e. The normalized spacial score (nSPS) is 31.1. The number of aliphatic hydroxyl groups is 1. The van der Waals surface area contributed by atoms with Gasteiger partial charge in [-0.2, -0.15) is 0 Å². The third-order valence-corrected chi connectivity index (χ3v) is 5.29. The molecule has 2 nitrogen and oxygen atoms in total. The lowest BCUT2D eigenvalue weighted by atomic mass is 9.87. The standard InChI is InChI=1S/C13H17F2NOS/c14-13(15)6-2-3-8(7-13)12-16-9-4-1-5-10(17)11(9)18-12/h8,10,17H,1-7H2. The van der Waals surface area contributed by atoms with Crippen molar-refractivity contribution in [2.75, 3.05) is 0 Å². The molecule has 2 unspecified atom stereocenters. The van der Waals surface area contributed by atoms with Crippen LogP contribution >= 0.6 is 11.3 Å². The molecule has 3 rings (SSSR count). The maximum Gasteiger partial charge on any atom is 0.248 e. The van der Waals surface area contributed by atoms with Crippen LogP contribution < -0.4 is 0 Å². The molecule has 1 N–H and O–H groups in total. The van der Waals surface area contributed by atoms with Gasteiger partial charge in [0.15, 0.2) is 0 Å². The quantitative estimate of drug-likeness (QED) is 0.844. The van der Waals surface area contributed by atoms with E-state index >= 15 is 0 Å². The van der Waals surface area contributed by atoms with Crippen LogP contribution in [0.25, 0.3) is 0 Å². The topological polar surface area (TPSA) is 33.1 Å². The van der Waals surface area contributed by atoms with E-state index in [-0.39, 0.29) is 18.8 Å². The van der Waals surface area contributed by atoms with Gasteiger partial charge in [-0.05, 0) is 32.1 Å². The second-order valence-electron chi connectivity index (χ2n) is 5.42. The molecule has 0 spiro atoms. The molecule has 0 aromatic carbocycles. The second-order valence-corrected chi connectivity index (χ2v) is 6.48. The third-order valence-electron chi connectivity index (χ3n) is 3.93. The minimum Gasteiger partial charge on any atom is -0.388 e. The fraction of sp³-hybridized carbons (Fsp3) is 0.769. The van der Waals surface area contributed by atoms with E-state index in [2.05, 4.69) is 4.98 Å². The number of hydrogen-bond acceptors (Lipinski definition) is 3. The van der Waals surface area contributed by atoms with Crippen LogP contribution in [-0.2, 0) is 6.42 Å². The predicted octanol–water partition coefficient (Wildman–Crippen LogP) is 3.81. The molecular formula is C13H17F2NOS. The van der Waals surface area contributed by atoms with Gasteiger partial charge in [0.1, 0.15) is 0 Å². The van der Waals surface area contributed by atoms with Crippen LogP contribution in [0.2, 0.25) is 0 Å². The lowest BCUT2D eigenvalue weighted by Gasteiger charge is -2.27. The summed E-state index contributed by atoms with van der Waals surface area (Å²) in [4.78, 5) is 5.44. The minimum absolute atomic E-state index is 0.0111. The highest BCUT2D eigenvalue weighted by molar-refractivity contribution is 7.11. The predicted molar refractivity (Wildman–Crippen MR) is 66.2 cm³/mol.